The standard InChI is InChI=1S/C21H32N2O3/c1-3-23(2)21(26)19-11-7-10-18(13-19)20(25)22-14-17(15-24)12-16-8-5-4-6-9-16/h7,10-11,13,16-17,24H,3-6,8-9,12,14-15H2,1-2H3,(H,22,25)/t17-/m1/s1. The number of carbonyl (C=O) groups excluding carboxylic acids is 2. The molecule has 1 aliphatic rings. The first kappa shape index (κ1) is 20.4. The fraction of sp³-hybridized carbons (Fsp3) is 0.619. The van der Waals surface area contributed by atoms with Gasteiger partial charge in [0.05, 0.1) is 0 Å². The van der Waals surface area contributed by atoms with Gasteiger partial charge in [-0.2, -0.15) is 0 Å². The molecule has 2 rings (SSSR count). The van der Waals surface area contributed by atoms with Crippen molar-refractivity contribution in [1.29, 1.82) is 0 Å². The molecule has 1 aliphatic carbocycles. The molecule has 5 heteroatoms. The Kier molecular flexibility index (Phi) is 8.10. The van der Waals surface area contributed by atoms with Crippen LogP contribution < -0.4 is 5.32 Å². The molecule has 0 spiro atoms. The first-order chi connectivity index (χ1) is 12.5. The van der Waals surface area contributed by atoms with Crippen LogP contribution >= 0.6 is 0 Å². The van der Waals surface area contributed by atoms with Crippen LogP contribution in [0.4, 0.5) is 0 Å². The van der Waals surface area contributed by atoms with Crippen LogP contribution in [0.3, 0.4) is 0 Å². The van der Waals surface area contributed by atoms with Crippen LogP contribution in [-0.2, 0) is 0 Å². The number of nitrogens with one attached hydrogen (secondary N) is 1. The van der Waals surface area contributed by atoms with Gasteiger partial charge in [-0.25, -0.2) is 0 Å². The molecule has 1 atom stereocenters. The third-order valence-electron chi connectivity index (χ3n) is 5.39. The molecule has 1 aromatic rings. The van der Waals surface area contributed by atoms with E-state index in [-0.39, 0.29) is 24.3 Å². The number of hydrogen-bond acceptors (Lipinski definition) is 3. The molecule has 2 N–H and O–H groups in total. The van der Waals surface area contributed by atoms with Crippen LogP contribution in [0, 0.1) is 11.8 Å². The Labute approximate surface area is 156 Å². The summed E-state index contributed by atoms with van der Waals surface area (Å²) >= 11 is 0. The number of aliphatic hydroxyl groups excluding tert-OH is 1. The van der Waals surface area contributed by atoms with E-state index in [1.807, 2.05) is 6.92 Å². The third-order valence-corrected chi connectivity index (χ3v) is 5.39. The van der Waals surface area contributed by atoms with Crippen molar-refractivity contribution in [3.8, 4) is 0 Å². The second-order valence-electron chi connectivity index (χ2n) is 7.40. The van der Waals surface area contributed by atoms with Gasteiger partial charge in [0.1, 0.15) is 0 Å². The van der Waals surface area contributed by atoms with E-state index in [1.165, 1.54) is 32.1 Å². The largest absolute Gasteiger partial charge is 0.396 e. The number of amides is 2. The lowest BCUT2D eigenvalue weighted by Gasteiger charge is -2.25. The first-order valence-corrected chi connectivity index (χ1v) is 9.79. The number of benzene rings is 1. The fourth-order valence-corrected chi connectivity index (χ4v) is 3.61. The predicted molar refractivity (Wildman–Crippen MR) is 103 cm³/mol. The Hall–Kier alpha value is -1.88. The molecule has 26 heavy (non-hydrogen) atoms. The van der Waals surface area contributed by atoms with E-state index in [4.69, 9.17) is 0 Å². The van der Waals surface area contributed by atoms with E-state index < -0.39 is 0 Å². The minimum absolute atomic E-state index is 0.0901. The van der Waals surface area contributed by atoms with Crippen molar-refractivity contribution in [2.75, 3.05) is 26.7 Å². The van der Waals surface area contributed by atoms with Gasteiger partial charge in [0.25, 0.3) is 11.8 Å². The molecule has 1 fully saturated rings. The summed E-state index contributed by atoms with van der Waals surface area (Å²) in [6.07, 6.45) is 7.32. The van der Waals surface area contributed by atoms with E-state index in [1.54, 1.807) is 36.2 Å². The zero-order valence-corrected chi connectivity index (χ0v) is 16.0. The van der Waals surface area contributed by atoms with Crippen LogP contribution in [0.25, 0.3) is 0 Å². The normalized spacial score (nSPS) is 16.1. The lowest BCUT2D eigenvalue weighted by atomic mass is 9.83. The van der Waals surface area contributed by atoms with E-state index >= 15 is 0 Å². The second kappa shape index (κ2) is 10.3. The maximum atomic E-state index is 12.5. The molecule has 1 saturated carbocycles. The summed E-state index contributed by atoms with van der Waals surface area (Å²) in [5.41, 5.74) is 0.998. The zero-order chi connectivity index (χ0) is 18.9. The molecule has 0 bridgehead atoms. The summed E-state index contributed by atoms with van der Waals surface area (Å²) in [7, 11) is 1.74. The number of hydrogen-bond donors (Lipinski definition) is 2. The molecule has 0 saturated heterocycles. The molecule has 144 valence electrons. The highest BCUT2D eigenvalue weighted by Crippen LogP contribution is 2.28. The van der Waals surface area contributed by atoms with Gasteiger partial charge in [0.15, 0.2) is 0 Å². The molecular formula is C21H32N2O3. The summed E-state index contributed by atoms with van der Waals surface area (Å²) in [4.78, 5) is 26.3. The lowest BCUT2D eigenvalue weighted by molar-refractivity contribution is 0.0802. The van der Waals surface area contributed by atoms with Crippen LogP contribution in [-0.4, -0.2) is 48.6 Å². The van der Waals surface area contributed by atoms with Gasteiger partial charge in [-0.1, -0.05) is 38.2 Å². The number of rotatable bonds is 8. The Morgan fingerprint density at radius 1 is 1.23 bits per heavy atom. The fourth-order valence-electron chi connectivity index (χ4n) is 3.61. The average molecular weight is 360 g/mol. The summed E-state index contributed by atoms with van der Waals surface area (Å²) in [5.74, 6) is 0.481. The summed E-state index contributed by atoms with van der Waals surface area (Å²) in [6, 6.07) is 6.81. The predicted octanol–water partition coefficient (Wildman–Crippen LogP) is 3.09. The molecule has 2 amide bonds. The number of nitrogens with zero attached hydrogens (tertiary/aromatic N) is 1. The Balaban J connectivity index is 1.90. The van der Waals surface area contributed by atoms with E-state index in [0.717, 1.165) is 6.42 Å². The van der Waals surface area contributed by atoms with Gasteiger partial charge in [-0.05, 0) is 43.4 Å². The minimum Gasteiger partial charge on any atom is -0.396 e. The molecule has 1 aromatic carbocycles. The van der Waals surface area contributed by atoms with E-state index in [9.17, 15) is 14.7 Å². The lowest BCUT2D eigenvalue weighted by Crippen LogP contribution is -2.32. The number of aliphatic hydroxyl groups is 1. The Bertz CT molecular complexity index is 597. The summed E-state index contributed by atoms with van der Waals surface area (Å²) < 4.78 is 0. The van der Waals surface area contributed by atoms with Crippen molar-refractivity contribution in [2.45, 2.75) is 45.4 Å². The van der Waals surface area contributed by atoms with Crippen molar-refractivity contribution < 1.29 is 14.7 Å². The summed E-state index contributed by atoms with van der Waals surface area (Å²) in [6.45, 7) is 3.10. The monoisotopic (exact) mass is 360 g/mol. The van der Waals surface area contributed by atoms with Gasteiger partial charge in [-0.3, -0.25) is 9.59 Å². The highest BCUT2D eigenvalue weighted by atomic mass is 16.3. The van der Waals surface area contributed by atoms with Crippen molar-refractivity contribution in [3.63, 3.8) is 0 Å². The zero-order valence-electron chi connectivity index (χ0n) is 16.0. The van der Waals surface area contributed by atoms with Crippen molar-refractivity contribution in [2.24, 2.45) is 11.8 Å². The maximum Gasteiger partial charge on any atom is 0.253 e. The molecule has 0 heterocycles. The highest BCUT2D eigenvalue weighted by molar-refractivity contribution is 5.99. The Morgan fingerprint density at radius 2 is 1.92 bits per heavy atom. The van der Waals surface area contributed by atoms with E-state index in [2.05, 4.69) is 5.32 Å². The molecule has 0 radical (unpaired) electrons. The van der Waals surface area contributed by atoms with E-state index in [0.29, 0.717) is 30.1 Å². The minimum atomic E-state index is -0.194. The van der Waals surface area contributed by atoms with Crippen LogP contribution in [0.2, 0.25) is 0 Å². The van der Waals surface area contributed by atoms with Gasteiger partial charge < -0.3 is 15.3 Å². The molecule has 0 aromatic heterocycles. The molecule has 0 aliphatic heterocycles. The van der Waals surface area contributed by atoms with Crippen LogP contribution in [0.5, 0.6) is 0 Å². The second-order valence-corrected chi connectivity index (χ2v) is 7.40. The van der Waals surface area contributed by atoms with Gasteiger partial charge >= 0.3 is 0 Å². The highest BCUT2D eigenvalue weighted by Gasteiger charge is 2.20. The quantitative estimate of drug-likeness (QED) is 0.748. The Morgan fingerprint density at radius 3 is 2.58 bits per heavy atom. The molecule has 0 unspecified atom stereocenters. The van der Waals surface area contributed by atoms with Gasteiger partial charge in [0.2, 0.25) is 0 Å². The van der Waals surface area contributed by atoms with Gasteiger partial charge in [-0.15, -0.1) is 0 Å². The van der Waals surface area contributed by atoms with Crippen molar-refractivity contribution in [3.05, 3.63) is 35.4 Å². The SMILES string of the molecule is CCN(C)C(=O)c1cccc(C(=O)NC[C@H](CO)CC2CCCCC2)c1. The maximum absolute atomic E-state index is 12.5. The van der Waals surface area contributed by atoms with Crippen molar-refractivity contribution in [1.82, 2.24) is 10.2 Å². The topological polar surface area (TPSA) is 69.6 Å². The smallest absolute Gasteiger partial charge is 0.253 e. The molecular weight excluding hydrogens is 328 g/mol. The van der Waals surface area contributed by atoms with Gasteiger partial charge in [0, 0.05) is 37.9 Å². The summed E-state index contributed by atoms with van der Waals surface area (Å²) in [5, 5.41) is 12.6. The third kappa shape index (κ3) is 5.84. The van der Waals surface area contributed by atoms with Crippen molar-refractivity contribution >= 4 is 11.8 Å². The first-order valence-electron chi connectivity index (χ1n) is 9.79. The van der Waals surface area contributed by atoms with Crippen LogP contribution in [0.15, 0.2) is 24.3 Å². The van der Waals surface area contributed by atoms with Crippen LogP contribution in [0.1, 0.15) is 66.2 Å². The average Bonchev–Trinajstić information content (AvgIpc) is 2.70. The number of carbonyl (C=O) groups is 2. The molecule has 5 nitrogen and oxygen atoms in total.